The van der Waals surface area contributed by atoms with Gasteiger partial charge >= 0.3 is 0 Å². The number of unbranched alkanes of at least 4 members (excludes halogenated alkanes) is 1. The first-order chi connectivity index (χ1) is 20.0. The van der Waals surface area contributed by atoms with Crippen molar-refractivity contribution < 1.29 is 0 Å². The van der Waals surface area contributed by atoms with E-state index in [-0.39, 0.29) is 12.1 Å². The molecule has 41 heavy (non-hydrogen) atoms. The van der Waals surface area contributed by atoms with Crippen molar-refractivity contribution in [3.8, 4) is 0 Å². The molecule has 0 fully saturated rings. The molecule has 202 valence electrons. The Labute approximate surface area is 245 Å². The molecule has 5 aromatic carbocycles. The van der Waals surface area contributed by atoms with E-state index < -0.39 is 0 Å². The van der Waals surface area contributed by atoms with Crippen LogP contribution in [0, 0.1) is 0 Å². The van der Waals surface area contributed by atoms with Gasteiger partial charge in [0.2, 0.25) is 0 Å². The van der Waals surface area contributed by atoms with E-state index in [0.29, 0.717) is 0 Å². The fourth-order valence-corrected chi connectivity index (χ4v) is 6.67. The molecule has 0 aromatic heterocycles. The lowest BCUT2D eigenvalue weighted by atomic mass is 9.33. The molecule has 0 atom stereocenters. The molecule has 0 spiro atoms. The summed E-state index contributed by atoms with van der Waals surface area (Å²) in [6.07, 6.45) is 3.51. The van der Waals surface area contributed by atoms with Gasteiger partial charge in [0.15, 0.2) is 0 Å². The van der Waals surface area contributed by atoms with Crippen LogP contribution in [0.4, 0.5) is 34.1 Å². The number of hydrogen-bond acceptors (Lipinski definition) is 2. The molecule has 0 aliphatic carbocycles. The molecule has 7 rings (SSSR count). The lowest BCUT2D eigenvalue weighted by Gasteiger charge is -2.45. The van der Waals surface area contributed by atoms with Crippen LogP contribution < -0.4 is 26.2 Å². The molecule has 5 aromatic rings. The Morgan fingerprint density at radius 1 is 0.585 bits per heavy atom. The molecule has 0 saturated heterocycles. The lowest BCUT2D eigenvalue weighted by molar-refractivity contribution is 0.590. The topological polar surface area (TPSA) is 6.48 Å². The largest absolute Gasteiger partial charge is 0.311 e. The molecule has 0 saturated carbocycles. The van der Waals surface area contributed by atoms with Crippen LogP contribution in [0.25, 0.3) is 0 Å². The van der Waals surface area contributed by atoms with Crippen molar-refractivity contribution in [3.63, 3.8) is 0 Å². The Balaban J connectivity index is 1.59. The molecule has 2 aliphatic heterocycles. The van der Waals surface area contributed by atoms with Gasteiger partial charge in [-0.25, -0.2) is 0 Å². The van der Waals surface area contributed by atoms with Crippen LogP contribution in [0.5, 0.6) is 0 Å². The smallest absolute Gasteiger partial charge is 0.252 e. The minimum absolute atomic E-state index is 0.00798. The molecule has 0 unspecified atom stereocenters. The Morgan fingerprint density at radius 2 is 1.15 bits per heavy atom. The van der Waals surface area contributed by atoms with E-state index in [0.717, 1.165) is 6.42 Å². The van der Waals surface area contributed by atoms with Crippen LogP contribution in [0.15, 0.2) is 115 Å². The fraction of sp³-hybridized carbons (Fsp3) is 0.211. The van der Waals surface area contributed by atoms with Gasteiger partial charge in [-0.15, -0.1) is 0 Å². The predicted molar refractivity (Wildman–Crippen MR) is 178 cm³/mol. The van der Waals surface area contributed by atoms with Crippen molar-refractivity contribution in [3.05, 3.63) is 126 Å². The van der Waals surface area contributed by atoms with Crippen molar-refractivity contribution in [2.75, 3.05) is 9.80 Å². The van der Waals surface area contributed by atoms with E-state index in [4.69, 9.17) is 0 Å². The molecule has 2 nitrogen and oxygen atoms in total. The van der Waals surface area contributed by atoms with Gasteiger partial charge in [0.05, 0.1) is 0 Å². The zero-order chi connectivity index (χ0) is 28.1. The van der Waals surface area contributed by atoms with Gasteiger partial charge in [-0.3, -0.25) is 0 Å². The summed E-state index contributed by atoms with van der Waals surface area (Å²) in [5.41, 5.74) is 14.4. The summed E-state index contributed by atoms with van der Waals surface area (Å²) >= 11 is 0. The van der Waals surface area contributed by atoms with Crippen LogP contribution in [-0.4, -0.2) is 6.71 Å². The number of fused-ring (bicyclic) bond motifs is 4. The second kappa shape index (κ2) is 9.99. The van der Waals surface area contributed by atoms with Crippen molar-refractivity contribution in [2.45, 2.75) is 52.4 Å². The Kier molecular flexibility index (Phi) is 6.27. The molecular weight excluding hydrogens is 495 g/mol. The van der Waals surface area contributed by atoms with E-state index in [1.54, 1.807) is 0 Å². The lowest BCUT2D eigenvalue weighted by Crippen LogP contribution is -2.61. The maximum Gasteiger partial charge on any atom is 0.252 e. The summed E-state index contributed by atoms with van der Waals surface area (Å²) in [6.45, 7) is 9.43. The normalized spacial score (nSPS) is 13.5. The minimum Gasteiger partial charge on any atom is -0.311 e. The van der Waals surface area contributed by atoms with E-state index in [2.05, 4.69) is 153 Å². The number of aryl methyl sites for hydroxylation is 1. The summed E-state index contributed by atoms with van der Waals surface area (Å²) in [5.74, 6) is 0. The number of anilines is 6. The summed E-state index contributed by atoms with van der Waals surface area (Å²) in [6, 6.07) is 43.0. The summed E-state index contributed by atoms with van der Waals surface area (Å²) in [7, 11) is 0. The van der Waals surface area contributed by atoms with E-state index in [1.807, 2.05) is 0 Å². The van der Waals surface area contributed by atoms with Crippen LogP contribution >= 0.6 is 0 Å². The average Bonchev–Trinajstić information content (AvgIpc) is 3.00. The van der Waals surface area contributed by atoms with Gasteiger partial charge in [0.1, 0.15) is 0 Å². The first-order valence-electron chi connectivity index (χ1n) is 15.1. The van der Waals surface area contributed by atoms with Crippen LogP contribution in [0.3, 0.4) is 0 Å². The Morgan fingerprint density at radius 3 is 1.76 bits per heavy atom. The summed E-state index contributed by atoms with van der Waals surface area (Å²) in [4.78, 5) is 5.02. The molecular formula is C38H37BN2. The van der Waals surface area contributed by atoms with E-state index in [9.17, 15) is 0 Å². The highest BCUT2D eigenvalue weighted by molar-refractivity contribution is 7.00. The number of hydrogen-bond donors (Lipinski definition) is 0. The quantitative estimate of drug-likeness (QED) is 0.205. The van der Waals surface area contributed by atoms with Gasteiger partial charge in [-0.05, 0) is 94.3 Å². The SMILES string of the molecule is CCCCc1ccc2c(c1)N(c1ccccc1)c1cc(C(C)(C)C)cc3c1B2c1ccccc1N3c1ccccc1. The van der Waals surface area contributed by atoms with Crippen molar-refractivity contribution in [1.29, 1.82) is 0 Å². The second-order valence-corrected chi connectivity index (χ2v) is 12.5. The Bertz CT molecular complexity index is 1720. The van der Waals surface area contributed by atoms with Gasteiger partial charge in [-0.1, -0.05) is 101 Å². The van der Waals surface area contributed by atoms with E-state index in [1.165, 1.54) is 74.5 Å². The zero-order valence-electron chi connectivity index (χ0n) is 24.6. The number of para-hydroxylation sites is 3. The highest BCUT2D eigenvalue weighted by Crippen LogP contribution is 2.45. The minimum atomic E-state index is -0.00798. The highest BCUT2D eigenvalue weighted by Gasteiger charge is 2.43. The van der Waals surface area contributed by atoms with E-state index >= 15 is 0 Å². The molecule has 3 heteroatoms. The van der Waals surface area contributed by atoms with Crippen LogP contribution in [0.1, 0.15) is 51.7 Å². The zero-order valence-corrected chi connectivity index (χ0v) is 24.6. The second-order valence-electron chi connectivity index (χ2n) is 12.5. The third-order valence-electron chi connectivity index (χ3n) is 8.76. The van der Waals surface area contributed by atoms with Crippen molar-refractivity contribution >= 4 is 57.2 Å². The number of benzene rings is 5. The van der Waals surface area contributed by atoms with Gasteiger partial charge < -0.3 is 9.80 Å². The Hall–Kier alpha value is -4.24. The molecule has 0 amide bonds. The van der Waals surface area contributed by atoms with Crippen molar-refractivity contribution in [1.82, 2.24) is 0 Å². The predicted octanol–water partition coefficient (Wildman–Crippen LogP) is 8.41. The molecule has 0 radical (unpaired) electrons. The van der Waals surface area contributed by atoms with Crippen LogP contribution in [0.2, 0.25) is 0 Å². The van der Waals surface area contributed by atoms with Gasteiger partial charge in [0.25, 0.3) is 6.71 Å². The first-order valence-corrected chi connectivity index (χ1v) is 15.1. The maximum atomic E-state index is 2.53. The first kappa shape index (κ1) is 25.7. The molecule has 2 aliphatic rings. The van der Waals surface area contributed by atoms with Gasteiger partial charge in [-0.2, -0.15) is 0 Å². The third kappa shape index (κ3) is 4.27. The molecule has 2 heterocycles. The molecule has 0 bridgehead atoms. The standard InChI is InChI=1S/C38H37BN2/c1-5-6-15-27-22-23-32-34(24-27)41(30-18-11-8-12-19-30)36-26-28(38(2,3)4)25-35-37(36)39(32)31-20-13-14-21-33(31)40(35)29-16-9-7-10-17-29/h7-14,16-26H,5-6,15H2,1-4H3. The average molecular weight is 533 g/mol. The number of rotatable bonds is 5. The van der Waals surface area contributed by atoms with Crippen molar-refractivity contribution in [2.24, 2.45) is 0 Å². The maximum absolute atomic E-state index is 2.53. The summed E-state index contributed by atoms with van der Waals surface area (Å²) < 4.78 is 0. The third-order valence-corrected chi connectivity index (χ3v) is 8.76. The molecule has 0 N–H and O–H groups in total. The number of nitrogens with zero attached hydrogens (tertiary/aromatic N) is 2. The van der Waals surface area contributed by atoms with Gasteiger partial charge in [0, 0.05) is 34.1 Å². The fourth-order valence-electron chi connectivity index (χ4n) is 6.67. The monoisotopic (exact) mass is 532 g/mol. The summed E-state index contributed by atoms with van der Waals surface area (Å²) in [5, 5.41) is 0. The highest BCUT2D eigenvalue weighted by atomic mass is 15.2. The van der Waals surface area contributed by atoms with Crippen LogP contribution in [-0.2, 0) is 11.8 Å².